The zero-order valence-corrected chi connectivity index (χ0v) is 16.1. The van der Waals surface area contributed by atoms with Crippen LogP contribution in [-0.4, -0.2) is 27.8 Å². The molecule has 0 aliphatic carbocycles. The van der Waals surface area contributed by atoms with Gasteiger partial charge >= 0.3 is 5.82 Å². The second-order valence-corrected chi connectivity index (χ2v) is 8.52. The number of carbonyl (C=O) groups is 1. The van der Waals surface area contributed by atoms with E-state index in [0.29, 0.717) is 29.2 Å². The number of aromatic nitrogens is 1. The number of benzene rings is 2. The summed E-state index contributed by atoms with van der Waals surface area (Å²) in [6.45, 7) is 0.533. The summed E-state index contributed by atoms with van der Waals surface area (Å²) in [5.74, 6) is 1.51. The first-order chi connectivity index (χ1) is 13.5. The summed E-state index contributed by atoms with van der Waals surface area (Å²) in [4.78, 5) is 12.7. The fraction of sp³-hybridized carbons (Fsp3) is 0.143. The van der Waals surface area contributed by atoms with Crippen molar-refractivity contribution in [2.75, 3.05) is 17.6 Å². The van der Waals surface area contributed by atoms with Gasteiger partial charge < -0.3 is 4.74 Å². The summed E-state index contributed by atoms with van der Waals surface area (Å²) in [5, 5.41) is 0. The Morgan fingerprint density at radius 3 is 2.61 bits per heavy atom. The largest absolute Gasteiger partial charge is 0.497 e. The van der Waals surface area contributed by atoms with E-state index in [4.69, 9.17) is 4.74 Å². The Balaban J connectivity index is 1.65. The minimum absolute atomic E-state index is 0.0813. The number of rotatable bonds is 4. The van der Waals surface area contributed by atoms with Crippen molar-refractivity contribution in [3.05, 3.63) is 78.0 Å². The molecule has 2 heterocycles. The van der Waals surface area contributed by atoms with Gasteiger partial charge in [0.15, 0.2) is 5.78 Å². The van der Waals surface area contributed by atoms with Crippen molar-refractivity contribution in [2.45, 2.75) is 6.54 Å². The molecule has 0 saturated heterocycles. The first-order valence-electron chi connectivity index (χ1n) is 8.82. The van der Waals surface area contributed by atoms with Crippen molar-refractivity contribution in [1.82, 2.24) is 0 Å². The standard InChI is InChI=1S/C21H20N2O4S/c1-27-18-5-2-4-17(14-18)20(24)16-9-7-15(8-10-16)19-6-3-11-23-12-13-28(25,26)22-21(19)23/h2-11,14,25-26H,12-13H2,1H3/p+1. The zero-order valence-electron chi connectivity index (χ0n) is 15.3. The molecule has 28 heavy (non-hydrogen) atoms. The lowest BCUT2D eigenvalue weighted by atomic mass is 9.99. The second-order valence-electron chi connectivity index (χ2n) is 6.58. The fourth-order valence-corrected chi connectivity index (χ4v) is 4.34. The van der Waals surface area contributed by atoms with Crippen LogP contribution in [0.5, 0.6) is 5.75 Å². The Morgan fingerprint density at radius 2 is 1.86 bits per heavy atom. The molecule has 7 heteroatoms. The summed E-state index contributed by atoms with van der Waals surface area (Å²) in [6.07, 6.45) is 1.90. The van der Waals surface area contributed by atoms with Crippen LogP contribution in [0.3, 0.4) is 0 Å². The van der Waals surface area contributed by atoms with Crippen LogP contribution in [0.1, 0.15) is 15.9 Å². The van der Waals surface area contributed by atoms with Crippen molar-refractivity contribution in [3.63, 3.8) is 0 Å². The van der Waals surface area contributed by atoms with Gasteiger partial charge in [-0.3, -0.25) is 13.9 Å². The number of ether oxygens (including phenoxy) is 1. The first kappa shape index (κ1) is 18.5. The molecule has 3 aromatic rings. The number of hydrogen-bond donors (Lipinski definition) is 3. The Morgan fingerprint density at radius 1 is 1.07 bits per heavy atom. The average Bonchev–Trinajstić information content (AvgIpc) is 2.72. The number of fused-ring (bicyclic) bond motifs is 1. The van der Waals surface area contributed by atoms with E-state index in [1.54, 1.807) is 43.5 Å². The number of aryl methyl sites for hydroxylation is 1. The lowest BCUT2D eigenvalue weighted by Crippen LogP contribution is -2.45. The molecule has 6 nitrogen and oxygen atoms in total. The summed E-state index contributed by atoms with van der Waals surface area (Å²) in [5.41, 5.74) is 2.88. The van der Waals surface area contributed by atoms with Crippen LogP contribution in [0.15, 0.2) is 66.9 Å². The zero-order chi connectivity index (χ0) is 19.7. The lowest BCUT2D eigenvalue weighted by Gasteiger charge is -2.32. The molecule has 0 amide bonds. The predicted molar refractivity (Wildman–Crippen MR) is 110 cm³/mol. The minimum Gasteiger partial charge on any atom is -0.497 e. The van der Waals surface area contributed by atoms with Gasteiger partial charge in [0.1, 0.15) is 18.0 Å². The highest BCUT2D eigenvalue weighted by Crippen LogP contribution is 2.42. The maximum absolute atomic E-state index is 12.7. The molecule has 0 unspecified atom stereocenters. The van der Waals surface area contributed by atoms with Crippen LogP contribution >= 0.6 is 10.8 Å². The molecule has 1 aliphatic rings. The number of carbonyl (C=O) groups excluding carboxylic acids is 1. The highest BCUT2D eigenvalue weighted by molar-refractivity contribution is 8.25. The normalized spacial score (nSPS) is 15.8. The Labute approximate surface area is 164 Å². The van der Waals surface area contributed by atoms with Crippen LogP contribution in [0.4, 0.5) is 5.82 Å². The topological polar surface area (TPSA) is 82.7 Å². The number of ketones is 1. The van der Waals surface area contributed by atoms with Crippen molar-refractivity contribution >= 4 is 22.4 Å². The third kappa shape index (κ3) is 3.60. The molecule has 0 radical (unpaired) electrons. The van der Waals surface area contributed by atoms with Gasteiger partial charge in [-0.15, -0.1) is 0 Å². The highest BCUT2D eigenvalue weighted by atomic mass is 32.3. The maximum atomic E-state index is 12.7. The van der Waals surface area contributed by atoms with Crippen molar-refractivity contribution in [2.24, 2.45) is 0 Å². The molecular formula is C21H21N2O4S+. The molecule has 0 atom stereocenters. The van der Waals surface area contributed by atoms with E-state index in [0.717, 1.165) is 11.1 Å². The van der Waals surface area contributed by atoms with E-state index >= 15 is 0 Å². The molecule has 1 aliphatic heterocycles. The number of nitrogens with zero attached hydrogens (tertiary/aromatic N) is 1. The summed E-state index contributed by atoms with van der Waals surface area (Å²) in [6, 6.07) is 18.2. The smallest absolute Gasteiger partial charge is 0.304 e. The average molecular weight is 397 g/mol. The van der Waals surface area contributed by atoms with Gasteiger partial charge in [0.25, 0.3) is 0 Å². The Kier molecular flexibility index (Phi) is 4.80. The highest BCUT2D eigenvalue weighted by Gasteiger charge is 2.30. The maximum Gasteiger partial charge on any atom is 0.304 e. The molecule has 3 N–H and O–H groups in total. The summed E-state index contributed by atoms with van der Waals surface area (Å²) >= 11 is 0. The van der Waals surface area contributed by atoms with Crippen molar-refractivity contribution in [3.8, 4) is 16.9 Å². The van der Waals surface area contributed by atoms with Gasteiger partial charge in [0.05, 0.1) is 18.9 Å². The lowest BCUT2D eigenvalue weighted by molar-refractivity contribution is -0.679. The van der Waals surface area contributed by atoms with Gasteiger partial charge in [-0.05, 0) is 29.8 Å². The second kappa shape index (κ2) is 7.27. The molecule has 2 aromatic carbocycles. The molecular weight excluding hydrogens is 376 g/mol. The molecule has 0 saturated carbocycles. The quantitative estimate of drug-likeness (QED) is 0.458. The monoisotopic (exact) mass is 397 g/mol. The van der Waals surface area contributed by atoms with Gasteiger partial charge in [-0.25, -0.2) is 4.57 Å². The third-order valence-corrected chi connectivity index (χ3v) is 6.01. The number of pyridine rings is 1. The number of nitrogens with one attached hydrogen (secondary N) is 1. The molecule has 144 valence electrons. The van der Waals surface area contributed by atoms with Gasteiger partial charge in [-0.2, -0.15) is 4.72 Å². The van der Waals surface area contributed by atoms with E-state index in [1.807, 2.05) is 35.0 Å². The predicted octanol–water partition coefficient (Wildman–Crippen LogP) is 3.97. The van der Waals surface area contributed by atoms with Gasteiger partial charge in [0, 0.05) is 11.1 Å². The van der Waals surface area contributed by atoms with Crippen LogP contribution in [0, 0.1) is 0 Å². The van der Waals surface area contributed by atoms with Gasteiger partial charge in [-0.1, -0.05) is 47.2 Å². The first-order valence-corrected chi connectivity index (χ1v) is 10.5. The molecule has 1 aromatic heterocycles. The summed E-state index contributed by atoms with van der Waals surface area (Å²) in [7, 11) is -1.26. The summed E-state index contributed by atoms with van der Waals surface area (Å²) < 4.78 is 30.1. The number of methoxy groups -OCH3 is 1. The van der Waals surface area contributed by atoms with Crippen LogP contribution < -0.4 is 14.0 Å². The van der Waals surface area contributed by atoms with Gasteiger partial charge in [0.2, 0.25) is 0 Å². The Hall–Kier alpha value is -2.87. The molecule has 0 bridgehead atoms. The van der Waals surface area contributed by atoms with Crippen LogP contribution in [-0.2, 0) is 6.54 Å². The van der Waals surface area contributed by atoms with Crippen LogP contribution in [0.25, 0.3) is 11.1 Å². The molecule has 0 spiro atoms. The van der Waals surface area contributed by atoms with Crippen LogP contribution in [0.2, 0.25) is 0 Å². The number of hydrogen-bond acceptors (Lipinski definition) is 5. The van der Waals surface area contributed by atoms with E-state index in [1.165, 1.54) is 0 Å². The third-order valence-electron chi connectivity index (χ3n) is 4.74. The fourth-order valence-electron chi connectivity index (χ4n) is 3.25. The Bertz CT molecular complexity index is 1030. The van der Waals surface area contributed by atoms with Crippen molar-refractivity contribution in [1.29, 1.82) is 0 Å². The van der Waals surface area contributed by atoms with E-state index < -0.39 is 10.8 Å². The minimum atomic E-state index is -2.83. The molecule has 4 rings (SSSR count). The van der Waals surface area contributed by atoms with E-state index in [-0.39, 0.29) is 11.5 Å². The van der Waals surface area contributed by atoms with Crippen molar-refractivity contribution < 1.29 is 23.2 Å². The molecule has 0 fully saturated rings. The van der Waals surface area contributed by atoms with E-state index in [9.17, 15) is 13.9 Å². The number of anilines is 1. The van der Waals surface area contributed by atoms with E-state index in [2.05, 4.69) is 4.72 Å². The SMILES string of the molecule is COc1cccc(C(=O)c2ccc(-c3ccc[n+]4c3NS(O)(O)CC4)cc2)c1.